The Labute approximate surface area is 92.8 Å². The molecule has 0 fully saturated rings. The van der Waals surface area contributed by atoms with Crippen molar-refractivity contribution in [2.45, 2.75) is 20.0 Å². The molecule has 0 aliphatic rings. The number of hydrogen-bond acceptors (Lipinski definition) is 4. The highest BCUT2D eigenvalue weighted by molar-refractivity contribution is 7.13. The summed E-state index contributed by atoms with van der Waals surface area (Å²) in [6, 6.07) is 5.91. The Hall–Kier alpha value is -1.42. The van der Waals surface area contributed by atoms with Crippen LogP contribution >= 0.6 is 11.3 Å². The van der Waals surface area contributed by atoms with Crippen molar-refractivity contribution in [3.63, 3.8) is 0 Å². The molecule has 3 nitrogen and oxygen atoms in total. The summed E-state index contributed by atoms with van der Waals surface area (Å²) >= 11 is 1.66. The highest BCUT2D eigenvalue weighted by atomic mass is 32.1. The van der Waals surface area contributed by atoms with E-state index in [0.717, 1.165) is 10.6 Å². The minimum absolute atomic E-state index is 0.135. The van der Waals surface area contributed by atoms with E-state index >= 15 is 0 Å². The molecule has 0 N–H and O–H groups in total. The summed E-state index contributed by atoms with van der Waals surface area (Å²) < 4.78 is 5.51. The van der Waals surface area contributed by atoms with Gasteiger partial charge in [0.05, 0.1) is 16.7 Å². The number of thiophene rings is 1. The molecule has 0 aliphatic carbocycles. The molecule has 4 heteroatoms. The summed E-state index contributed by atoms with van der Waals surface area (Å²) in [5, 5.41) is 2.03. The van der Waals surface area contributed by atoms with Crippen LogP contribution in [0.25, 0.3) is 10.6 Å². The molecule has 78 valence electrons. The van der Waals surface area contributed by atoms with Gasteiger partial charge in [-0.1, -0.05) is 6.07 Å². The molecule has 2 heterocycles. The number of nitrogens with zero attached hydrogens (tertiary/aromatic N) is 2. The molecular weight excluding hydrogens is 208 g/mol. The first kappa shape index (κ1) is 10.1. The second-order valence-corrected chi connectivity index (χ2v) is 4.33. The van der Waals surface area contributed by atoms with E-state index in [1.807, 2.05) is 37.4 Å². The second kappa shape index (κ2) is 4.40. The number of rotatable bonds is 3. The van der Waals surface area contributed by atoms with Crippen LogP contribution in [0.1, 0.15) is 13.8 Å². The fraction of sp³-hybridized carbons (Fsp3) is 0.273. The largest absolute Gasteiger partial charge is 0.475 e. The third-order valence-corrected chi connectivity index (χ3v) is 2.66. The van der Waals surface area contributed by atoms with Gasteiger partial charge in [0.25, 0.3) is 0 Å². The molecule has 2 aromatic rings. The average Bonchev–Trinajstić information content (AvgIpc) is 2.69. The lowest BCUT2D eigenvalue weighted by molar-refractivity contribution is 0.232. The van der Waals surface area contributed by atoms with Crippen molar-refractivity contribution in [1.82, 2.24) is 9.97 Å². The molecule has 2 rings (SSSR count). The lowest BCUT2D eigenvalue weighted by Crippen LogP contribution is -2.07. The fourth-order valence-electron chi connectivity index (χ4n) is 1.20. The van der Waals surface area contributed by atoms with Crippen LogP contribution in [0, 0.1) is 0 Å². The van der Waals surface area contributed by atoms with Crippen LogP contribution in [-0.2, 0) is 0 Å². The smallest absolute Gasteiger partial charge is 0.217 e. The van der Waals surface area contributed by atoms with Gasteiger partial charge in [-0.15, -0.1) is 11.3 Å². The Balaban J connectivity index is 2.27. The fourth-order valence-corrected chi connectivity index (χ4v) is 1.90. The van der Waals surface area contributed by atoms with E-state index in [0.29, 0.717) is 5.88 Å². The van der Waals surface area contributed by atoms with Gasteiger partial charge in [-0.3, -0.25) is 0 Å². The first-order valence-electron chi connectivity index (χ1n) is 4.78. The maximum Gasteiger partial charge on any atom is 0.217 e. The summed E-state index contributed by atoms with van der Waals surface area (Å²) in [4.78, 5) is 9.40. The summed E-state index contributed by atoms with van der Waals surface area (Å²) in [5.41, 5.74) is 0.913. The van der Waals surface area contributed by atoms with E-state index in [9.17, 15) is 0 Å². The Morgan fingerprint density at radius 2 is 2.20 bits per heavy atom. The molecule has 0 saturated carbocycles. The van der Waals surface area contributed by atoms with Crippen molar-refractivity contribution in [2.24, 2.45) is 0 Å². The standard InChI is InChI=1S/C11H12N2OS/c1-8(2)14-11-6-9(12-7-13-11)10-4-3-5-15-10/h3-8H,1-2H3. The molecule has 0 radical (unpaired) electrons. The van der Waals surface area contributed by atoms with Crippen molar-refractivity contribution in [2.75, 3.05) is 0 Å². The normalized spacial score (nSPS) is 10.6. The van der Waals surface area contributed by atoms with Gasteiger partial charge >= 0.3 is 0 Å². The topological polar surface area (TPSA) is 35.0 Å². The van der Waals surface area contributed by atoms with Gasteiger partial charge in [0.2, 0.25) is 5.88 Å². The molecule has 0 amide bonds. The maximum absolute atomic E-state index is 5.51. The van der Waals surface area contributed by atoms with Gasteiger partial charge in [0.15, 0.2) is 0 Å². The Morgan fingerprint density at radius 1 is 1.33 bits per heavy atom. The summed E-state index contributed by atoms with van der Waals surface area (Å²) in [6.07, 6.45) is 1.67. The second-order valence-electron chi connectivity index (χ2n) is 3.39. The van der Waals surface area contributed by atoms with Crippen molar-refractivity contribution in [1.29, 1.82) is 0 Å². The molecule has 0 spiro atoms. The molecule has 0 aromatic carbocycles. The molecule has 0 unspecified atom stereocenters. The van der Waals surface area contributed by atoms with Gasteiger partial charge in [0.1, 0.15) is 6.33 Å². The van der Waals surface area contributed by atoms with Crippen molar-refractivity contribution >= 4 is 11.3 Å². The minimum Gasteiger partial charge on any atom is -0.475 e. The lowest BCUT2D eigenvalue weighted by atomic mass is 10.3. The van der Waals surface area contributed by atoms with Crippen LogP contribution in [-0.4, -0.2) is 16.1 Å². The van der Waals surface area contributed by atoms with Gasteiger partial charge in [-0.05, 0) is 25.3 Å². The highest BCUT2D eigenvalue weighted by Gasteiger charge is 2.04. The SMILES string of the molecule is CC(C)Oc1cc(-c2cccs2)ncn1. The highest BCUT2D eigenvalue weighted by Crippen LogP contribution is 2.24. The first-order valence-corrected chi connectivity index (χ1v) is 5.66. The Morgan fingerprint density at radius 3 is 2.87 bits per heavy atom. The summed E-state index contributed by atoms with van der Waals surface area (Å²) in [6.45, 7) is 3.96. The molecule has 15 heavy (non-hydrogen) atoms. The van der Waals surface area contributed by atoms with Crippen molar-refractivity contribution in [3.8, 4) is 16.5 Å². The molecule has 0 atom stereocenters. The van der Waals surface area contributed by atoms with E-state index in [-0.39, 0.29) is 6.10 Å². The van der Waals surface area contributed by atoms with Crippen LogP contribution in [0.5, 0.6) is 5.88 Å². The van der Waals surface area contributed by atoms with E-state index in [1.54, 1.807) is 11.3 Å². The zero-order valence-electron chi connectivity index (χ0n) is 8.68. The third-order valence-electron chi connectivity index (χ3n) is 1.77. The predicted molar refractivity (Wildman–Crippen MR) is 61.1 cm³/mol. The van der Waals surface area contributed by atoms with Gasteiger partial charge in [0, 0.05) is 6.07 Å². The molecule has 2 aromatic heterocycles. The third kappa shape index (κ3) is 2.53. The van der Waals surface area contributed by atoms with Crippen molar-refractivity contribution < 1.29 is 4.74 Å². The van der Waals surface area contributed by atoms with Crippen LogP contribution in [0.4, 0.5) is 0 Å². The number of aromatic nitrogens is 2. The Bertz CT molecular complexity index is 426. The van der Waals surface area contributed by atoms with E-state index in [4.69, 9.17) is 4.74 Å². The first-order chi connectivity index (χ1) is 7.25. The average molecular weight is 220 g/mol. The van der Waals surface area contributed by atoms with Gasteiger partial charge < -0.3 is 4.74 Å². The lowest BCUT2D eigenvalue weighted by Gasteiger charge is -2.08. The summed E-state index contributed by atoms with van der Waals surface area (Å²) in [5.74, 6) is 0.628. The van der Waals surface area contributed by atoms with Gasteiger partial charge in [-0.25, -0.2) is 9.97 Å². The molecule has 0 aliphatic heterocycles. The Kier molecular flexibility index (Phi) is 2.97. The van der Waals surface area contributed by atoms with Crippen LogP contribution < -0.4 is 4.74 Å². The maximum atomic E-state index is 5.51. The van der Waals surface area contributed by atoms with Crippen molar-refractivity contribution in [3.05, 3.63) is 29.9 Å². The zero-order chi connectivity index (χ0) is 10.7. The quantitative estimate of drug-likeness (QED) is 0.797. The molecular formula is C11H12N2OS. The zero-order valence-corrected chi connectivity index (χ0v) is 9.49. The van der Waals surface area contributed by atoms with Crippen LogP contribution in [0.15, 0.2) is 29.9 Å². The van der Waals surface area contributed by atoms with Crippen LogP contribution in [0.3, 0.4) is 0 Å². The monoisotopic (exact) mass is 220 g/mol. The van der Waals surface area contributed by atoms with Gasteiger partial charge in [-0.2, -0.15) is 0 Å². The van der Waals surface area contributed by atoms with E-state index in [1.165, 1.54) is 6.33 Å². The van der Waals surface area contributed by atoms with Crippen LogP contribution in [0.2, 0.25) is 0 Å². The predicted octanol–water partition coefficient (Wildman–Crippen LogP) is 2.99. The van der Waals surface area contributed by atoms with E-state index in [2.05, 4.69) is 9.97 Å². The van der Waals surface area contributed by atoms with E-state index < -0.39 is 0 Å². The summed E-state index contributed by atoms with van der Waals surface area (Å²) in [7, 11) is 0. The number of ether oxygens (including phenoxy) is 1. The minimum atomic E-state index is 0.135. The molecule has 0 saturated heterocycles. The molecule has 0 bridgehead atoms. The number of hydrogen-bond donors (Lipinski definition) is 0.